The zero-order valence-corrected chi connectivity index (χ0v) is 16.9. The third-order valence-electron chi connectivity index (χ3n) is 4.26. The van der Waals surface area contributed by atoms with Crippen LogP contribution in [0.5, 0.6) is 0 Å². The maximum absolute atomic E-state index is 12.4. The molecule has 9 nitrogen and oxygen atoms in total. The van der Waals surface area contributed by atoms with Crippen LogP contribution in [0.25, 0.3) is 5.69 Å². The van der Waals surface area contributed by atoms with Crippen molar-refractivity contribution >= 4 is 27.3 Å². The molecule has 0 bridgehead atoms. The first-order valence-electron chi connectivity index (χ1n) is 8.89. The number of primary amides is 1. The van der Waals surface area contributed by atoms with E-state index in [9.17, 15) is 18.0 Å². The Balaban J connectivity index is 1.67. The lowest BCUT2D eigenvalue weighted by Gasteiger charge is -2.08. The van der Waals surface area contributed by atoms with E-state index < -0.39 is 15.7 Å². The highest BCUT2D eigenvalue weighted by Crippen LogP contribution is 2.16. The quantitative estimate of drug-likeness (QED) is 0.560. The number of nitrogens with two attached hydrogens (primary N) is 1. The van der Waals surface area contributed by atoms with Crippen LogP contribution in [0.2, 0.25) is 0 Å². The standard InChI is InChI=1S/C20H20N4O5S/c1-29-12-13-30(27,28)17-8-2-14(3-9-17)20(26)22-15-4-6-16(7-5-15)24-11-10-18(23-24)19(21)25/h2-11H,12-13H2,1H3,(H2,21,25)(H,22,26). The van der Waals surface area contributed by atoms with Gasteiger partial charge < -0.3 is 15.8 Å². The molecule has 0 spiro atoms. The molecule has 0 radical (unpaired) electrons. The van der Waals surface area contributed by atoms with Crippen molar-refractivity contribution in [3.05, 3.63) is 72.1 Å². The largest absolute Gasteiger partial charge is 0.384 e. The van der Waals surface area contributed by atoms with Crippen molar-refractivity contribution in [2.45, 2.75) is 4.90 Å². The van der Waals surface area contributed by atoms with E-state index in [1.54, 1.807) is 30.5 Å². The predicted octanol–water partition coefficient (Wildman–Crippen LogP) is 1.64. The van der Waals surface area contributed by atoms with Gasteiger partial charge in [0.15, 0.2) is 9.84 Å². The van der Waals surface area contributed by atoms with Gasteiger partial charge in [0, 0.05) is 24.6 Å². The Hall–Kier alpha value is -3.50. The summed E-state index contributed by atoms with van der Waals surface area (Å²) in [7, 11) is -2.02. The molecule has 0 atom stereocenters. The maximum atomic E-state index is 12.4. The molecule has 0 fully saturated rings. The molecule has 0 aliphatic heterocycles. The number of nitrogens with one attached hydrogen (secondary N) is 1. The summed E-state index contributed by atoms with van der Waals surface area (Å²) in [5, 5.41) is 6.80. The number of hydrogen-bond donors (Lipinski definition) is 2. The maximum Gasteiger partial charge on any atom is 0.269 e. The van der Waals surface area contributed by atoms with Crippen molar-refractivity contribution in [1.29, 1.82) is 0 Å². The summed E-state index contributed by atoms with van der Waals surface area (Å²) in [6, 6.07) is 14.0. The summed E-state index contributed by atoms with van der Waals surface area (Å²) in [6.45, 7) is 0.100. The minimum atomic E-state index is -3.45. The number of anilines is 1. The van der Waals surface area contributed by atoms with Gasteiger partial charge in [-0.05, 0) is 54.6 Å². The van der Waals surface area contributed by atoms with Gasteiger partial charge in [0.25, 0.3) is 11.8 Å². The summed E-state index contributed by atoms with van der Waals surface area (Å²) in [5.74, 6) is -1.12. The number of rotatable bonds is 8. The van der Waals surface area contributed by atoms with Crippen molar-refractivity contribution in [2.75, 3.05) is 24.8 Å². The van der Waals surface area contributed by atoms with E-state index in [0.29, 0.717) is 16.9 Å². The van der Waals surface area contributed by atoms with Gasteiger partial charge in [0.2, 0.25) is 0 Å². The summed E-state index contributed by atoms with van der Waals surface area (Å²) in [6.07, 6.45) is 1.61. The summed E-state index contributed by atoms with van der Waals surface area (Å²) < 4.78 is 30.6. The van der Waals surface area contributed by atoms with E-state index in [1.165, 1.54) is 42.1 Å². The summed E-state index contributed by atoms with van der Waals surface area (Å²) in [4.78, 5) is 23.7. The molecule has 3 N–H and O–H groups in total. The second-order valence-corrected chi connectivity index (χ2v) is 8.46. The van der Waals surface area contributed by atoms with Crippen molar-refractivity contribution in [1.82, 2.24) is 9.78 Å². The van der Waals surface area contributed by atoms with Crippen LogP contribution in [-0.2, 0) is 14.6 Å². The van der Waals surface area contributed by atoms with E-state index in [2.05, 4.69) is 10.4 Å². The second kappa shape index (κ2) is 8.89. The number of ether oxygens (including phenoxy) is 1. The molecular formula is C20H20N4O5S. The number of methoxy groups -OCH3 is 1. The van der Waals surface area contributed by atoms with Crippen molar-refractivity contribution in [3.8, 4) is 5.69 Å². The lowest BCUT2D eigenvalue weighted by atomic mass is 10.2. The minimum Gasteiger partial charge on any atom is -0.384 e. The summed E-state index contributed by atoms with van der Waals surface area (Å²) >= 11 is 0. The summed E-state index contributed by atoms with van der Waals surface area (Å²) in [5.41, 5.74) is 6.90. The average Bonchev–Trinajstić information content (AvgIpc) is 3.23. The van der Waals surface area contributed by atoms with Gasteiger partial charge in [0.1, 0.15) is 5.69 Å². The Morgan fingerprint density at radius 3 is 2.30 bits per heavy atom. The number of carbonyl (C=O) groups is 2. The molecule has 2 aromatic carbocycles. The molecule has 0 unspecified atom stereocenters. The lowest BCUT2D eigenvalue weighted by molar-refractivity contribution is 0.0993. The molecule has 0 saturated carbocycles. The van der Waals surface area contributed by atoms with Crippen LogP contribution in [0.15, 0.2) is 65.7 Å². The van der Waals surface area contributed by atoms with Gasteiger partial charge in [-0.3, -0.25) is 9.59 Å². The third kappa shape index (κ3) is 4.91. The molecule has 10 heteroatoms. The molecule has 2 amide bonds. The smallest absolute Gasteiger partial charge is 0.269 e. The van der Waals surface area contributed by atoms with Gasteiger partial charge in [-0.15, -0.1) is 0 Å². The highest BCUT2D eigenvalue weighted by molar-refractivity contribution is 7.91. The Kier molecular flexibility index (Phi) is 6.28. The van der Waals surface area contributed by atoms with Crippen LogP contribution >= 0.6 is 0 Å². The Labute approximate surface area is 173 Å². The Morgan fingerprint density at radius 2 is 1.73 bits per heavy atom. The number of aromatic nitrogens is 2. The molecule has 0 aliphatic rings. The zero-order valence-electron chi connectivity index (χ0n) is 16.1. The van der Waals surface area contributed by atoms with Crippen LogP contribution < -0.4 is 11.1 Å². The highest BCUT2D eigenvalue weighted by atomic mass is 32.2. The van der Waals surface area contributed by atoms with Crippen LogP contribution in [0.4, 0.5) is 5.69 Å². The Bertz CT molecular complexity index is 1150. The first-order chi connectivity index (χ1) is 14.3. The first kappa shape index (κ1) is 21.2. The van der Waals surface area contributed by atoms with E-state index >= 15 is 0 Å². The number of carbonyl (C=O) groups excluding carboxylic acids is 2. The first-order valence-corrected chi connectivity index (χ1v) is 10.5. The van der Waals surface area contributed by atoms with Crippen molar-refractivity contribution < 1.29 is 22.7 Å². The molecule has 156 valence electrons. The van der Waals surface area contributed by atoms with Gasteiger partial charge in [-0.1, -0.05) is 0 Å². The van der Waals surface area contributed by atoms with Crippen molar-refractivity contribution in [2.24, 2.45) is 5.73 Å². The molecule has 30 heavy (non-hydrogen) atoms. The second-order valence-electron chi connectivity index (χ2n) is 6.35. The van der Waals surface area contributed by atoms with Crippen LogP contribution in [-0.4, -0.2) is 49.5 Å². The molecule has 0 aliphatic carbocycles. The fraction of sp³-hybridized carbons (Fsp3) is 0.150. The molecule has 3 rings (SSSR count). The molecular weight excluding hydrogens is 408 g/mol. The topological polar surface area (TPSA) is 133 Å². The number of amides is 2. The monoisotopic (exact) mass is 428 g/mol. The van der Waals surface area contributed by atoms with E-state index in [-0.39, 0.29) is 28.9 Å². The lowest BCUT2D eigenvalue weighted by Crippen LogP contribution is -2.14. The van der Waals surface area contributed by atoms with Gasteiger partial charge in [0.05, 0.1) is 22.9 Å². The molecule has 1 heterocycles. The number of benzene rings is 2. The Morgan fingerprint density at radius 1 is 1.07 bits per heavy atom. The van der Waals surface area contributed by atoms with E-state index in [0.717, 1.165) is 0 Å². The number of sulfone groups is 1. The SMILES string of the molecule is COCCS(=O)(=O)c1ccc(C(=O)Nc2ccc(-n3ccc(C(N)=O)n3)cc2)cc1. The van der Waals surface area contributed by atoms with Crippen molar-refractivity contribution in [3.63, 3.8) is 0 Å². The number of nitrogens with zero attached hydrogens (tertiary/aromatic N) is 2. The predicted molar refractivity (Wildman–Crippen MR) is 110 cm³/mol. The minimum absolute atomic E-state index is 0.100. The van der Waals surface area contributed by atoms with E-state index in [4.69, 9.17) is 10.5 Å². The highest BCUT2D eigenvalue weighted by Gasteiger charge is 2.15. The fourth-order valence-electron chi connectivity index (χ4n) is 2.62. The van der Waals surface area contributed by atoms with E-state index in [1.807, 2.05) is 0 Å². The average molecular weight is 428 g/mol. The zero-order chi connectivity index (χ0) is 21.7. The molecule has 3 aromatic rings. The molecule has 1 aromatic heterocycles. The van der Waals surface area contributed by atoms with Gasteiger partial charge in [-0.2, -0.15) is 5.10 Å². The normalized spacial score (nSPS) is 11.2. The van der Waals surface area contributed by atoms with Crippen LogP contribution in [0.1, 0.15) is 20.8 Å². The fourth-order valence-corrected chi connectivity index (χ4v) is 3.80. The van der Waals surface area contributed by atoms with Gasteiger partial charge >= 0.3 is 0 Å². The van der Waals surface area contributed by atoms with Gasteiger partial charge in [-0.25, -0.2) is 13.1 Å². The van der Waals surface area contributed by atoms with Crippen LogP contribution in [0.3, 0.4) is 0 Å². The molecule has 0 saturated heterocycles. The number of hydrogen-bond acceptors (Lipinski definition) is 6. The van der Waals surface area contributed by atoms with Crippen LogP contribution in [0, 0.1) is 0 Å². The third-order valence-corrected chi connectivity index (χ3v) is 5.96.